The molecular formula is C21H18F3N3O2. The van der Waals surface area contributed by atoms with Gasteiger partial charge in [-0.25, -0.2) is 4.98 Å². The molecule has 0 spiro atoms. The fourth-order valence-corrected chi connectivity index (χ4v) is 3.40. The zero-order valence-electron chi connectivity index (χ0n) is 16.0. The van der Waals surface area contributed by atoms with Crippen LogP contribution in [-0.2, 0) is 6.18 Å². The molecule has 2 heterocycles. The SMILES string of the molecule is Cc1cccc(-c2cc(C(F)(F)F)c(C#N)c(=O)n2C(c2cocn2)C(C)C)c1. The second-order valence-electron chi connectivity index (χ2n) is 7.07. The standard InChI is InChI=1S/C21H18F3N3O2/c1-12(2)19(17-10-29-11-26-17)27-18(14-6-4-5-13(3)7-14)8-16(21(22,23)24)15(9-25)20(27)28/h4-8,10-12,19H,1-3H3. The molecule has 150 valence electrons. The molecule has 29 heavy (non-hydrogen) atoms. The second kappa shape index (κ2) is 7.59. The van der Waals surface area contributed by atoms with E-state index < -0.39 is 28.9 Å². The molecule has 3 aromatic rings. The highest BCUT2D eigenvalue weighted by molar-refractivity contribution is 5.63. The second-order valence-corrected chi connectivity index (χ2v) is 7.07. The van der Waals surface area contributed by atoms with E-state index in [0.29, 0.717) is 11.3 Å². The minimum absolute atomic E-state index is 0.0618. The van der Waals surface area contributed by atoms with Crippen LogP contribution in [-0.4, -0.2) is 9.55 Å². The van der Waals surface area contributed by atoms with Crippen molar-refractivity contribution >= 4 is 0 Å². The molecule has 3 rings (SSSR count). The van der Waals surface area contributed by atoms with Crippen molar-refractivity contribution in [2.24, 2.45) is 5.92 Å². The maximum Gasteiger partial charge on any atom is 0.417 e. The number of nitriles is 1. The third-order valence-electron chi connectivity index (χ3n) is 4.64. The van der Waals surface area contributed by atoms with E-state index in [-0.39, 0.29) is 11.6 Å². The topological polar surface area (TPSA) is 71.8 Å². The van der Waals surface area contributed by atoms with Crippen LogP contribution in [0.15, 0.2) is 52.2 Å². The summed E-state index contributed by atoms with van der Waals surface area (Å²) in [6.07, 6.45) is -2.30. The Morgan fingerprint density at radius 1 is 1.24 bits per heavy atom. The highest BCUT2D eigenvalue weighted by atomic mass is 19.4. The first-order valence-corrected chi connectivity index (χ1v) is 8.87. The maximum atomic E-state index is 13.6. The summed E-state index contributed by atoms with van der Waals surface area (Å²) in [5.41, 5.74) is -1.50. The van der Waals surface area contributed by atoms with Crippen LogP contribution >= 0.6 is 0 Å². The van der Waals surface area contributed by atoms with Crippen molar-refractivity contribution < 1.29 is 17.6 Å². The molecule has 2 aromatic heterocycles. The summed E-state index contributed by atoms with van der Waals surface area (Å²) in [7, 11) is 0. The Hall–Kier alpha value is -3.34. The van der Waals surface area contributed by atoms with Gasteiger partial charge in [-0.2, -0.15) is 18.4 Å². The third-order valence-corrected chi connectivity index (χ3v) is 4.64. The fourth-order valence-electron chi connectivity index (χ4n) is 3.40. The molecule has 0 aliphatic carbocycles. The van der Waals surface area contributed by atoms with Gasteiger partial charge in [0, 0.05) is 0 Å². The van der Waals surface area contributed by atoms with Gasteiger partial charge in [-0.1, -0.05) is 37.6 Å². The van der Waals surface area contributed by atoms with Crippen LogP contribution in [0.3, 0.4) is 0 Å². The van der Waals surface area contributed by atoms with Crippen LogP contribution in [0, 0.1) is 24.2 Å². The normalized spacial score (nSPS) is 12.8. The monoisotopic (exact) mass is 401 g/mol. The van der Waals surface area contributed by atoms with Gasteiger partial charge in [0.15, 0.2) is 6.39 Å². The van der Waals surface area contributed by atoms with Crippen LogP contribution in [0.4, 0.5) is 13.2 Å². The largest absolute Gasteiger partial charge is 0.451 e. The number of oxazole rings is 1. The van der Waals surface area contributed by atoms with Crippen LogP contribution < -0.4 is 5.56 Å². The van der Waals surface area contributed by atoms with Crippen molar-refractivity contribution in [3.63, 3.8) is 0 Å². The molecule has 0 aliphatic rings. The molecule has 1 aromatic carbocycles. The molecule has 8 heteroatoms. The summed E-state index contributed by atoms with van der Waals surface area (Å²) < 4.78 is 47.1. The van der Waals surface area contributed by atoms with Crippen molar-refractivity contribution in [3.8, 4) is 17.3 Å². The van der Waals surface area contributed by atoms with Gasteiger partial charge in [-0.3, -0.25) is 9.36 Å². The van der Waals surface area contributed by atoms with Gasteiger partial charge >= 0.3 is 6.18 Å². The number of alkyl halides is 3. The lowest BCUT2D eigenvalue weighted by atomic mass is 9.96. The van der Waals surface area contributed by atoms with Gasteiger partial charge in [0.1, 0.15) is 23.6 Å². The van der Waals surface area contributed by atoms with Gasteiger partial charge in [0.25, 0.3) is 5.56 Å². The number of hydrogen-bond acceptors (Lipinski definition) is 4. The van der Waals surface area contributed by atoms with E-state index in [1.54, 1.807) is 31.2 Å². The summed E-state index contributed by atoms with van der Waals surface area (Å²) in [5, 5.41) is 9.35. The van der Waals surface area contributed by atoms with Crippen molar-refractivity contribution in [2.75, 3.05) is 0 Å². The number of pyridine rings is 1. The minimum Gasteiger partial charge on any atom is -0.451 e. The summed E-state index contributed by atoms with van der Waals surface area (Å²) >= 11 is 0. The maximum absolute atomic E-state index is 13.6. The first-order valence-electron chi connectivity index (χ1n) is 8.87. The molecular weight excluding hydrogens is 383 g/mol. The Morgan fingerprint density at radius 3 is 2.48 bits per heavy atom. The number of aromatic nitrogens is 2. The molecule has 1 unspecified atom stereocenters. The van der Waals surface area contributed by atoms with Crippen LogP contribution in [0.2, 0.25) is 0 Å². The average Bonchev–Trinajstić information content (AvgIpc) is 3.15. The predicted octanol–water partition coefficient (Wildman–Crippen LogP) is 4.95. The molecule has 0 amide bonds. The minimum atomic E-state index is -4.84. The van der Waals surface area contributed by atoms with E-state index in [4.69, 9.17) is 4.42 Å². The summed E-state index contributed by atoms with van der Waals surface area (Å²) in [4.78, 5) is 17.3. The number of halogens is 3. The molecule has 0 bridgehead atoms. The molecule has 0 radical (unpaired) electrons. The Bertz CT molecular complexity index is 1120. The van der Waals surface area contributed by atoms with Gasteiger partial charge in [-0.05, 0) is 30.5 Å². The molecule has 0 aliphatic heterocycles. The predicted molar refractivity (Wildman–Crippen MR) is 100 cm³/mol. The van der Waals surface area contributed by atoms with Gasteiger partial charge in [-0.15, -0.1) is 0 Å². The smallest absolute Gasteiger partial charge is 0.417 e. The number of hydrogen-bond donors (Lipinski definition) is 0. The van der Waals surface area contributed by atoms with Crippen molar-refractivity contribution in [1.29, 1.82) is 5.26 Å². The molecule has 0 fully saturated rings. The van der Waals surface area contributed by atoms with E-state index in [1.807, 2.05) is 13.8 Å². The Kier molecular flexibility index (Phi) is 5.33. The first-order chi connectivity index (χ1) is 13.6. The number of nitrogens with zero attached hydrogens (tertiary/aromatic N) is 3. The van der Waals surface area contributed by atoms with Gasteiger partial charge in [0.2, 0.25) is 0 Å². The van der Waals surface area contributed by atoms with E-state index in [1.165, 1.54) is 23.3 Å². The third kappa shape index (κ3) is 3.81. The van der Waals surface area contributed by atoms with Crippen LogP contribution in [0.5, 0.6) is 0 Å². The molecule has 0 N–H and O–H groups in total. The van der Waals surface area contributed by atoms with E-state index >= 15 is 0 Å². The summed E-state index contributed by atoms with van der Waals surface area (Å²) in [6, 6.07) is 8.42. The lowest BCUT2D eigenvalue weighted by Gasteiger charge is -2.26. The molecule has 1 atom stereocenters. The highest BCUT2D eigenvalue weighted by Crippen LogP contribution is 2.36. The first kappa shape index (κ1) is 20.4. The fraction of sp³-hybridized carbons (Fsp3) is 0.286. The lowest BCUT2D eigenvalue weighted by Crippen LogP contribution is -2.34. The van der Waals surface area contributed by atoms with Crippen LogP contribution in [0.1, 0.15) is 42.3 Å². The molecule has 0 saturated heterocycles. The van der Waals surface area contributed by atoms with Crippen molar-refractivity contribution in [1.82, 2.24) is 9.55 Å². The zero-order valence-corrected chi connectivity index (χ0v) is 16.0. The van der Waals surface area contributed by atoms with Gasteiger partial charge < -0.3 is 4.42 Å². The number of benzene rings is 1. The summed E-state index contributed by atoms with van der Waals surface area (Å²) in [5.74, 6) is -0.218. The Morgan fingerprint density at radius 2 is 1.97 bits per heavy atom. The number of aryl methyl sites for hydroxylation is 1. The molecule has 5 nitrogen and oxygen atoms in total. The van der Waals surface area contributed by atoms with E-state index in [2.05, 4.69) is 4.98 Å². The quantitative estimate of drug-likeness (QED) is 0.620. The Labute approximate surface area is 165 Å². The zero-order chi connectivity index (χ0) is 21.3. The van der Waals surface area contributed by atoms with E-state index in [9.17, 15) is 23.2 Å². The average molecular weight is 401 g/mol. The number of rotatable bonds is 4. The van der Waals surface area contributed by atoms with Crippen molar-refractivity contribution in [3.05, 3.63) is 75.7 Å². The summed E-state index contributed by atoms with van der Waals surface area (Å²) in [6.45, 7) is 5.43. The molecule has 0 saturated carbocycles. The van der Waals surface area contributed by atoms with Crippen molar-refractivity contribution in [2.45, 2.75) is 33.0 Å². The highest BCUT2D eigenvalue weighted by Gasteiger charge is 2.38. The Balaban J connectivity index is 2.46. The van der Waals surface area contributed by atoms with E-state index in [0.717, 1.165) is 11.6 Å². The van der Waals surface area contributed by atoms with Crippen LogP contribution in [0.25, 0.3) is 11.3 Å². The van der Waals surface area contributed by atoms with Gasteiger partial charge in [0.05, 0.1) is 17.3 Å². The lowest BCUT2D eigenvalue weighted by molar-refractivity contribution is -0.137.